The van der Waals surface area contributed by atoms with Gasteiger partial charge in [0.15, 0.2) is 0 Å². The highest BCUT2D eigenvalue weighted by atomic mass is 35.5. The number of anilines is 1. The number of H-pyrrole nitrogens is 1. The van der Waals surface area contributed by atoms with Crippen LogP contribution in [0.5, 0.6) is 0 Å². The lowest BCUT2D eigenvalue weighted by Crippen LogP contribution is -2.46. The van der Waals surface area contributed by atoms with Crippen molar-refractivity contribution in [3.63, 3.8) is 0 Å². The molecule has 2 aromatic carbocycles. The summed E-state index contributed by atoms with van der Waals surface area (Å²) in [6, 6.07) is 16.8. The maximum atomic E-state index is 5.99. The van der Waals surface area contributed by atoms with Crippen molar-refractivity contribution in [1.29, 1.82) is 0 Å². The third kappa shape index (κ3) is 3.02. The molecule has 1 N–H and O–H groups in total. The minimum Gasteiger partial charge on any atom is -0.369 e. The van der Waals surface area contributed by atoms with Crippen molar-refractivity contribution < 1.29 is 0 Å². The number of aryl methyl sites for hydroxylation is 1. The summed E-state index contributed by atoms with van der Waals surface area (Å²) in [5.74, 6) is 0. The minimum absolute atomic E-state index is 0.798. The first kappa shape index (κ1) is 15.6. The molecule has 24 heavy (non-hydrogen) atoms. The van der Waals surface area contributed by atoms with E-state index in [9.17, 15) is 0 Å². The molecule has 0 bridgehead atoms. The molecule has 4 rings (SSSR count). The van der Waals surface area contributed by atoms with Gasteiger partial charge in [-0.1, -0.05) is 29.8 Å². The number of nitrogens with zero attached hydrogens (tertiary/aromatic N) is 2. The first-order chi connectivity index (χ1) is 11.7. The van der Waals surface area contributed by atoms with Crippen molar-refractivity contribution in [1.82, 2.24) is 9.88 Å². The van der Waals surface area contributed by atoms with Gasteiger partial charge in [0.1, 0.15) is 0 Å². The molecule has 124 valence electrons. The third-order valence-corrected chi connectivity index (χ3v) is 5.22. The van der Waals surface area contributed by atoms with Crippen molar-refractivity contribution in [2.45, 2.75) is 13.5 Å². The number of piperazine rings is 1. The Morgan fingerprint density at radius 3 is 2.42 bits per heavy atom. The minimum atomic E-state index is 0.798. The molecule has 0 atom stereocenters. The van der Waals surface area contributed by atoms with E-state index >= 15 is 0 Å². The normalized spacial score (nSPS) is 16.0. The Morgan fingerprint density at radius 1 is 0.958 bits per heavy atom. The van der Waals surface area contributed by atoms with Crippen LogP contribution in [0.1, 0.15) is 11.3 Å². The summed E-state index contributed by atoms with van der Waals surface area (Å²) in [6.07, 6.45) is 0. The molecule has 0 aliphatic carbocycles. The number of rotatable bonds is 3. The third-order valence-electron chi connectivity index (χ3n) is 4.97. The number of halogens is 1. The fourth-order valence-electron chi connectivity index (χ4n) is 3.58. The maximum Gasteiger partial charge on any atom is 0.0459 e. The van der Waals surface area contributed by atoms with Gasteiger partial charge in [-0.15, -0.1) is 0 Å². The van der Waals surface area contributed by atoms with E-state index in [2.05, 4.69) is 58.1 Å². The topological polar surface area (TPSA) is 22.3 Å². The predicted molar refractivity (Wildman–Crippen MR) is 102 cm³/mol. The van der Waals surface area contributed by atoms with Crippen LogP contribution in [0.25, 0.3) is 10.9 Å². The van der Waals surface area contributed by atoms with Crippen LogP contribution in [0.15, 0.2) is 48.5 Å². The van der Waals surface area contributed by atoms with E-state index in [0.29, 0.717) is 0 Å². The molecule has 3 nitrogen and oxygen atoms in total. The van der Waals surface area contributed by atoms with Gasteiger partial charge >= 0.3 is 0 Å². The summed E-state index contributed by atoms with van der Waals surface area (Å²) in [7, 11) is 0. The van der Waals surface area contributed by atoms with Gasteiger partial charge in [0.2, 0.25) is 0 Å². The monoisotopic (exact) mass is 339 g/mol. The van der Waals surface area contributed by atoms with Crippen molar-refractivity contribution in [2.75, 3.05) is 31.1 Å². The highest BCUT2D eigenvalue weighted by molar-refractivity contribution is 6.30. The second-order valence-electron chi connectivity index (χ2n) is 6.51. The van der Waals surface area contributed by atoms with Crippen molar-refractivity contribution in [2.24, 2.45) is 0 Å². The summed E-state index contributed by atoms with van der Waals surface area (Å²) in [5.41, 5.74) is 5.23. The molecule has 2 heterocycles. The Bertz CT molecular complexity index is 830. The Morgan fingerprint density at radius 2 is 1.67 bits per heavy atom. The van der Waals surface area contributed by atoms with E-state index in [0.717, 1.165) is 37.7 Å². The van der Waals surface area contributed by atoms with Crippen LogP contribution in [-0.2, 0) is 6.54 Å². The maximum absolute atomic E-state index is 5.99. The van der Waals surface area contributed by atoms with Crippen molar-refractivity contribution >= 4 is 28.2 Å². The fraction of sp³-hybridized carbons (Fsp3) is 0.300. The number of nitrogens with one attached hydrogen (secondary N) is 1. The first-order valence-electron chi connectivity index (χ1n) is 8.50. The Hall–Kier alpha value is -1.97. The summed E-state index contributed by atoms with van der Waals surface area (Å²) in [4.78, 5) is 8.50. The Kier molecular flexibility index (Phi) is 4.21. The highest BCUT2D eigenvalue weighted by Crippen LogP contribution is 2.25. The van der Waals surface area contributed by atoms with E-state index in [4.69, 9.17) is 11.6 Å². The molecule has 0 amide bonds. The van der Waals surface area contributed by atoms with E-state index in [1.165, 1.54) is 27.8 Å². The molecule has 0 radical (unpaired) electrons. The van der Waals surface area contributed by atoms with Crippen molar-refractivity contribution in [3.05, 3.63) is 64.8 Å². The van der Waals surface area contributed by atoms with Gasteiger partial charge in [0.05, 0.1) is 0 Å². The number of aromatic amines is 1. The molecule has 1 aromatic heterocycles. The van der Waals surface area contributed by atoms with E-state index < -0.39 is 0 Å². The molecular weight excluding hydrogens is 318 g/mol. The zero-order valence-electron chi connectivity index (χ0n) is 13.9. The van der Waals surface area contributed by atoms with Gasteiger partial charge in [-0.2, -0.15) is 0 Å². The Labute approximate surface area is 147 Å². The largest absolute Gasteiger partial charge is 0.369 e. The highest BCUT2D eigenvalue weighted by Gasteiger charge is 2.19. The predicted octanol–water partition coefficient (Wildman–Crippen LogP) is 4.45. The van der Waals surface area contributed by atoms with E-state index in [1.807, 2.05) is 12.1 Å². The lowest BCUT2D eigenvalue weighted by molar-refractivity contribution is 0.250. The molecule has 0 spiro atoms. The molecule has 1 fully saturated rings. The van der Waals surface area contributed by atoms with Gasteiger partial charge in [-0.05, 0) is 42.8 Å². The second-order valence-corrected chi connectivity index (χ2v) is 6.95. The molecule has 1 saturated heterocycles. The quantitative estimate of drug-likeness (QED) is 0.761. The van der Waals surface area contributed by atoms with E-state index in [-0.39, 0.29) is 0 Å². The zero-order chi connectivity index (χ0) is 16.5. The number of fused-ring (bicyclic) bond motifs is 1. The molecular formula is C20H22ClN3. The molecule has 0 saturated carbocycles. The van der Waals surface area contributed by atoms with Gasteiger partial charge in [0, 0.05) is 60.0 Å². The standard InChI is InChI=1S/C20H22ClN3/c1-15-19(18-4-2-3-5-20(18)22-15)14-23-10-12-24(13-11-23)17-8-6-16(21)7-9-17/h2-9,22H,10-14H2,1H3. The smallest absolute Gasteiger partial charge is 0.0459 e. The van der Waals surface area contributed by atoms with Gasteiger partial charge in [-0.25, -0.2) is 0 Å². The van der Waals surface area contributed by atoms with Crippen LogP contribution in [0, 0.1) is 6.92 Å². The second kappa shape index (κ2) is 6.50. The molecule has 3 aromatic rings. The Balaban J connectivity index is 1.44. The number of benzene rings is 2. The summed E-state index contributed by atoms with van der Waals surface area (Å²) in [6.45, 7) is 7.48. The summed E-state index contributed by atoms with van der Waals surface area (Å²) >= 11 is 5.99. The summed E-state index contributed by atoms with van der Waals surface area (Å²) < 4.78 is 0. The summed E-state index contributed by atoms with van der Waals surface area (Å²) in [5, 5.41) is 2.15. The molecule has 1 aliphatic heterocycles. The first-order valence-corrected chi connectivity index (χ1v) is 8.87. The van der Waals surface area contributed by atoms with Crippen LogP contribution in [0.3, 0.4) is 0 Å². The number of hydrogen-bond donors (Lipinski definition) is 1. The zero-order valence-corrected chi connectivity index (χ0v) is 14.7. The van der Waals surface area contributed by atoms with E-state index in [1.54, 1.807) is 0 Å². The van der Waals surface area contributed by atoms with Gasteiger partial charge < -0.3 is 9.88 Å². The van der Waals surface area contributed by atoms with Crippen LogP contribution in [0.2, 0.25) is 5.02 Å². The fourth-order valence-corrected chi connectivity index (χ4v) is 3.70. The van der Waals surface area contributed by atoms with Crippen LogP contribution < -0.4 is 4.90 Å². The van der Waals surface area contributed by atoms with Crippen LogP contribution in [-0.4, -0.2) is 36.1 Å². The molecule has 1 aliphatic rings. The molecule has 4 heteroatoms. The SMILES string of the molecule is Cc1[nH]c2ccccc2c1CN1CCN(c2ccc(Cl)cc2)CC1. The average molecular weight is 340 g/mol. The molecule has 0 unspecified atom stereocenters. The number of aromatic nitrogens is 1. The lowest BCUT2D eigenvalue weighted by atomic mass is 10.1. The van der Waals surface area contributed by atoms with Gasteiger partial charge in [0.25, 0.3) is 0 Å². The number of para-hydroxylation sites is 1. The number of hydrogen-bond acceptors (Lipinski definition) is 2. The lowest BCUT2D eigenvalue weighted by Gasteiger charge is -2.36. The van der Waals surface area contributed by atoms with Crippen molar-refractivity contribution in [3.8, 4) is 0 Å². The average Bonchev–Trinajstić information content (AvgIpc) is 2.92. The van der Waals surface area contributed by atoms with Gasteiger partial charge in [-0.3, -0.25) is 4.90 Å². The van der Waals surface area contributed by atoms with Crippen LogP contribution in [0.4, 0.5) is 5.69 Å². The van der Waals surface area contributed by atoms with Crippen LogP contribution >= 0.6 is 11.6 Å².